The average Bonchev–Trinajstić information content (AvgIpc) is 3.57. The second-order valence-corrected chi connectivity index (χ2v) is 12.7. The summed E-state index contributed by atoms with van der Waals surface area (Å²) in [5.41, 5.74) is 13.8. The molecule has 8 nitrogen and oxygen atoms in total. The van der Waals surface area contributed by atoms with Crippen LogP contribution in [0.2, 0.25) is 5.02 Å². The molecule has 2 aromatic heterocycles. The van der Waals surface area contributed by atoms with E-state index >= 15 is 0 Å². The van der Waals surface area contributed by atoms with Gasteiger partial charge in [-0.05, 0) is 60.5 Å². The molecule has 212 valence electrons. The summed E-state index contributed by atoms with van der Waals surface area (Å²) in [6.45, 7) is 0. The van der Waals surface area contributed by atoms with Gasteiger partial charge in [0, 0.05) is 16.7 Å². The summed E-state index contributed by atoms with van der Waals surface area (Å²) in [5, 5.41) is 21.1. The Kier molecular flexibility index (Phi) is 12.0. The van der Waals surface area contributed by atoms with Crippen LogP contribution < -0.4 is 22.1 Å². The number of hydrogen-bond acceptors (Lipinski definition) is 8. The van der Waals surface area contributed by atoms with E-state index in [1.165, 1.54) is 52.3 Å². The molecule has 0 radical (unpaired) electrons. The molecule has 0 saturated carbocycles. The smallest absolute Gasteiger partial charge is 0.255 e. The van der Waals surface area contributed by atoms with Gasteiger partial charge >= 0.3 is 0 Å². The van der Waals surface area contributed by atoms with Crippen LogP contribution in [0, 0.1) is 10.8 Å². The number of carbonyl (C=O) groups is 2. The van der Waals surface area contributed by atoms with Crippen molar-refractivity contribution in [3.63, 3.8) is 0 Å². The fourth-order valence-corrected chi connectivity index (χ4v) is 6.60. The summed E-state index contributed by atoms with van der Waals surface area (Å²) in [5.74, 6) is -0.417. The number of thioether (sulfide) groups is 2. The Morgan fingerprint density at radius 1 is 0.829 bits per heavy atom. The Labute approximate surface area is 259 Å². The normalized spacial score (nSPS) is 10.5. The summed E-state index contributed by atoms with van der Waals surface area (Å²) in [6.07, 6.45) is 7.08. The van der Waals surface area contributed by atoms with Crippen LogP contribution in [0.25, 0.3) is 6.08 Å². The number of hydrogen-bond donors (Lipinski definition) is 6. The second kappa shape index (κ2) is 15.5. The molecule has 0 saturated heterocycles. The number of rotatable bonds is 9. The zero-order valence-electron chi connectivity index (χ0n) is 22.0. The van der Waals surface area contributed by atoms with Crippen LogP contribution in [0.15, 0.2) is 81.2 Å². The summed E-state index contributed by atoms with van der Waals surface area (Å²) in [7, 11) is 0. The SMILES string of the molecule is CSc1sc(C(=N)N)cc1NC(=O)/C=C/c1ccccc1.CSc1sc(C(=N)N)cc1NC(=O)c1ccc(Cl)cc1. The van der Waals surface area contributed by atoms with Gasteiger partial charge in [0.15, 0.2) is 0 Å². The number of nitrogens with one attached hydrogen (secondary N) is 4. The summed E-state index contributed by atoms with van der Waals surface area (Å²) >= 11 is 11.6. The number of nitrogens with two attached hydrogens (primary N) is 2. The van der Waals surface area contributed by atoms with Gasteiger partial charge in [0.05, 0.1) is 29.5 Å². The van der Waals surface area contributed by atoms with Crippen LogP contribution in [0.4, 0.5) is 11.4 Å². The standard InChI is InChI=1S/C15H15N3OS2.C13H12ClN3OS2/c1-20-15-11(9-12(21-15)14(16)17)18-13(19)8-7-10-5-3-2-4-6-10;1-19-13-9(6-10(20-13)11(15)16)17-12(18)7-2-4-8(14)5-3-7/h2-9H,1H3,(H3,16,17)(H,18,19);2-6H,1H3,(H3,15,16)(H,17,18)/b8-7+;. The third kappa shape index (κ3) is 9.51. The molecule has 0 aliphatic heterocycles. The molecule has 2 aromatic carbocycles. The number of benzene rings is 2. The molecule has 0 unspecified atom stereocenters. The Morgan fingerprint density at radius 3 is 1.83 bits per heavy atom. The Balaban J connectivity index is 0.000000226. The van der Waals surface area contributed by atoms with Crippen molar-refractivity contribution in [1.82, 2.24) is 0 Å². The number of thiophene rings is 2. The van der Waals surface area contributed by atoms with Gasteiger partial charge < -0.3 is 22.1 Å². The van der Waals surface area contributed by atoms with E-state index in [0.717, 1.165) is 14.0 Å². The van der Waals surface area contributed by atoms with Crippen molar-refractivity contribution in [1.29, 1.82) is 10.8 Å². The average molecular weight is 643 g/mol. The Morgan fingerprint density at radius 2 is 1.34 bits per heavy atom. The molecule has 2 heterocycles. The summed E-state index contributed by atoms with van der Waals surface area (Å²) < 4.78 is 1.85. The van der Waals surface area contributed by atoms with Crippen LogP contribution in [-0.2, 0) is 4.79 Å². The lowest BCUT2D eigenvalue weighted by molar-refractivity contribution is -0.111. The number of halogens is 1. The monoisotopic (exact) mass is 642 g/mol. The first-order chi connectivity index (χ1) is 19.6. The van der Waals surface area contributed by atoms with Gasteiger partial charge in [-0.3, -0.25) is 20.4 Å². The minimum Gasteiger partial charge on any atom is -0.383 e. The molecule has 0 bridgehead atoms. The largest absolute Gasteiger partial charge is 0.383 e. The molecular formula is C28H27ClN6O2S4. The molecule has 0 fully saturated rings. The van der Waals surface area contributed by atoms with Crippen LogP contribution >= 0.6 is 57.8 Å². The van der Waals surface area contributed by atoms with E-state index in [1.807, 2.05) is 42.8 Å². The van der Waals surface area contributed by atoms with Gasteiger partial charge in [-0.1, -0.05) is 41.9 Å². The fraction of sp³-hybridized carbons (Fsp3) is 0.0714. The molecule has 41 heavy (non-hydrogen) atoms. The number of carbonyl (C=O) groups excluding carboxylic acids is 2. The summed E-state index contributed by atoms with van der Waals surface area (Å²) in [6, 6.07) is 19.7. The predicted molar refractivity (Wildman–Crippen MR) is 178 cm³/mol. The number of amidine groups is 2. The molecule has 0 aliphatic carbocycles. The van der Waals surface area contributed by atoms with E-state index in [4.69, 9.17) is 33.9 Å². The predicted octanol–water partition coefficient (Wildman–Crippen LogP) is 7.07. The molecule has 0 spiro atoms. The van der Waals surface area contributed by atoms with Gasteiger partial charge in [0.1, 0.15) is 11.7 Å². The fourth-order valence-electron chi connectivity index (χ4n) is 3.20. The van der Waals surface area contributed by atoms with E-state index < -0.39 is 0 Å². The minimum atomic E-state index is -0.218. The highest BCUT2D eigenvalue weighted by atomic mass is 35.5. The van der Waals surface area contributed by atoms with Crippen molar-refractivity contribution in [2.75, 3.05) is 23.1 Å². The maximum atomic E-state index is 12.1. The third-order valence-corrected chi connectivity index (χ3v) is 10.00. The molecule has 8 N–H and O–H groups in total. The van der Waals surface area contributed by atoms with Crippen LogP contribution in [0.3, 0.4) is 0 Å². The lowest BCUT2D eigenvalue weighted by atomic mass is 10.2. The Hall–Kier alpha value is -3.55. The molecule has 4 rings (SSSR count). The zero-order valence-corrected chi connectivity index (χ0v) is 26.0. The topological polar surface area (TPSA) is 158 Å². The van der Waals surface area contributed by atoms with E-state index in [0.29, 0.717) is 31.7 Å². The van der Waals surface area contributed by atoms with Crippen molar-refractivity contribution in [3.8, 4) is 0 Å². The molecule has 0 atom stereocenters. The van der Waals surface area contributed by atoms with Gasteiger partial charge in [0.25, 0.3) is 5.91 Å². The third-order valence-electron chi connectivity index (χ3n) is 5.14. The van der Waals surface area contributed by atoms with Gasteiger partial charge in [-0.2, -0.15) is 0 Å². The quantitative estimate of drug-likeness (QED) is 0.0496. The highest BCUT2D eigenvalue weighted by molar-refractivity contribution is 8.00. The minimum absolute atomic E-state index is 0.00251. The molecular weight excluding hydrogens is 616 g/mol. The van der Waals surface area contributed by atoms with Crippen LogP contribution in [-0.4, -0.2) is 36.0 Å². The summed E-state index contributed by atoms with van der Waals surface area (Å²) in [4.78, 5) is 25.4. The van der Waals surface area contributed by atoms with Crippen LogP contribution in [0.5, 0.6) is 0 Å². The first kappa shape index (κ1) is 32.0. The lowest BCUT2D eigenvalue weighted by Gasteiger charge is -2.05. The number of anilines is 2. The van der Waals surface area contributed by atoms with Gasteiger partial charge in [-0.25, -0.2) is 0 Å². The highest BCUT2D eigenvalue weighted by Gasteiger charge is 2.14. The van der Waals surface area contributed by atoms with Crippen molar-refractivity contribution < 1.29 is 9.59 Å². The van der Waals surface area contributed by atoms with Crippen molar-refractivity contribution in [2.24, 2.45) is 11.5 Å². The lowest BCUT2D eigenvalue weighted by Crippen LogP contribution is -2.12. The van der Waals surface area contributed by atoms with E-state index in [2.05, 4.69) is 10.6 Å². The first-order valence-electron chi connectivity index (χ1n) is 11.8. The van der Waals surface area contributed by atoms with Crippen molar-refractivity contribution >= 4 is 98.7 Å². The van der Waals surface area contributed by atoms with Gasteiger partial charge in [0.2, 0.25) is 5.91 Å². The molecule has 2 amide bonds. The maximum absolute atomic E-state index is 12.1. The maximum Gasteiger partial charge on any atom is 0.255 e. The zero-order chi connectivity index (χ0) is 29.9. The van der Waals surface area contributed by atoms with Gasteiger partial charge in [-0.15, -0.1) is 46.2 Å². The Bertz CT molecular complexity index is 1570. The number of amides is 2. The van der Waals surface area contributed by atoms with Crippen molar-refractivity contribution in [3.05, 3.63) is 98.7 Å². The number of nitrogen functional groups attached to an aromatic ring is 2. The van der Waals surface area contributed by atoms with E-state index in [-0.39, 0.29) is 23.5 Å². The molecule has 13 heteroatoms. The molecule has 4 aromatic rings. The van der Waals surface area contributed by atoms with E-state index in [1.54, 1.807) is 42.5 Å². The first-order valence-corrected chi connectivity index (χ1v) is 16.2. The van der Waals surface area contributed by atoms with Crippen LogP contribution in [0.1, 0.15) is 25.7 Å². The molecule has 0 aliphatic rings. The highest BCUT2D eigenvalue weighted by Crippen LogP contribution is 2.35. The van der Waals surface area contributed by atoms with Crippen molar-refractivity contribution in [2.45, 2.75) is 8.42 Å². The second-order valence-electron chi connectivity index (χ2n) is 8.05. The van der Waals surface area contributed by atoms with E-state index in [9.17, 15) is 9.59 Å².